The number of benzene rings is 1. The first-order valence-corrected chi connectivity index (χ1v) is 12.1. The number of halogens is 3. The van der Waals surface area contributed by atoms with Crippen molar-refractivity contribution in [2.75, 3.05) is 17.7 Å². The van der Waals surface area contributed by atoms with Crippen LogP contribution in [0.2, 0.25) is 15.1 Å². The molecule has 2 amide bonds. The summed E-state index contributed by atoms with van der Waals surface area (Å²) in [4.78, 5) is 34.7. The van der Waals surface area contributed by atoms with Crippen LogP contribution < -0.4 is 15.4 Å². The highest BCUT2D eigenvalue weighted by Gasteiger charge is 2.23. The molecule has 4 rings (SSSR count). The third-order valence-electron chi connectivity index (χ3n) is 5.01. The number of ether oxygens (including phenoxy) is 1. The lowest BCUT2D eigenvalue weighted by molar-refractivity contribution is 0.102. The van der Waals surface area contributed by atoms with Crippen molar-refractivity contribution in [3.63, 3.8) is 0 Å². The van der Waals surface area contributed by atoms with Crippen LogP contribution in [0.15, 0.2) is 48.4 Å². The van der Waals surface area contributed by atoms with Crippen LogP contribution in [0.1, 0.15) is 31.3 Å². The molecule has 180 valence electrons. The second-order valence-electron chi connectivity index (χ2n) is 7.37. The van der Waals surface area contributed by atoms with Gasteiger partial charge in [0.05, 0.1) is 41.3 Å². The molecule has 0 bridgehead atoms. The van der Waals surface area contributed by atoms with E-state index in [4.69, 9.17) is 39.5 Å². The standard InChI is InChI=1S/C23H18Cl3N5O3S/c1-12-7-27-11-31(12)9-13-10-35-21(19(13)26)23(33)30-20-16(5-15(25)6-17(20)34-2)22(32)29-18-4-3-14(24)8-28-18/h3-8,10-11H,9H2,1-2H3,(H,30,33)(H,28,29,32). The van der Waals surface area contributed by atoms with Gasteiger partial charge in [-0.2, -0.15) is 0 Å². The van der Waals surface area contributed by atoms with Gasteiger partial charge in [0, 0.05) is 34.7 Å². The van der Waals surface area contributed by atoms with E-state index in [-0.39, 0.29) is 27.8 Å². The molecule has 0 aliphatic heterocycles. The number of aromatic nitrogens is 3. The Balaban J connectivity index is 1.62. The van der Waals surface area contributed by atoms with E-state index >= 15 is 0 Å². The van der Waals surface area contributed by atoms with Gasteiger partial charge in [-0.05, 0) is 30.5 Å². The summed E-state index contributed by atoms with van der Waals surface area (Å²) in [6.45, 7) is 2.40. The zero-order valence-corrected chi connectivity index (χ0v) is 21.5. The van der Waals surface area contributed by atoms with E-state index in [1.54, 1.807) is 24.7 Å². The maximum atomic E-state index is 13.2. The van der Waals surface area contributed by atoms with Crippen molar-refractivity contribution in [1.29, 1.82) is 0 Å². The molecule has 3 aromatic heterocycles. The lowest BCUT2D eigenvalue weighted by atomic mass is 10.1. The van der Waals surface area contributed by atoms with Gasteiger partial charge in [0.2, 0.25) is 0 Å². The van der Waals surface area contributed by atoms with E-state index < -0.39 is 11.8 Å². The van der Waals surface area contributed by atoms with Gasteiger partial charge in [0.1, 0.15) is 16.4 Å². The van der Waals surface area contributed by atoms with Crippen LogP contribution >= 0.6 is 46.1 Å². The quantitative estimate of drug-likeness (QED) is 0.287. The summed E-state index contributed by atoms with van der Waals surface area (Å²) in [6.07, 6.45) is 4.84. The number of aryl methyl sites for hydroxylation is 1. The normalized spacial score (nSPS) is 10.8. The molecule has 0 saturated heterocycles. The molecule has 0 unspecified atom stereocenters. The SMILES string of the molecule is COc1cc(Cl)cc(C(=O)Nc2ccc(Cl)cn2)c1NC(=O)c1scc(Cn2cncc2C)c1Cl. The van der Waals surface area contributed by atoms with Crippen LogP contribution in [0.5, 0.6) is 5.75 Å². The average molecular weight is 551 g/mol. The summed E-state index contributed by atoms with van der Waals surface area (Å²) < 4.78 is 7.31. The van der Waals surface area contributed by atoms with Crippen LogP contribution in [-0.2, 0) is 6.54 Å². The number of amides is 2. The first-order chi connectivity index (χ1) is 16.8. The molecule has 12 heteroatoms. The highest BCUT2D eigenvalue weighted by molar-refractivity contribution is 7.13. The number of hydrogen-bond donors (Lipinski definition) is 2. The first kappa shape index (κ1) is 25.0. The number of anilines is 2. The minimum absolute atomic E-state index is 0.0846. The Morgan fingerprint density at radius 3 is 2.54 bits per heavy atom. The second kappa shape index (κ2) is 10.7. The number of imidazole rings is 1. The summed E-state index contributed by atoms with van der Waals surface area (Å²) in [5, 5.41) is 8.23. The van der Waals surface area contributed by atoms with E-state index in [1.807, 2.05) is 16.9 Å². The van der Waals surface area contributed by atoms with Crippen molar-refractivity contribution in [2.24, 2.45) is 0 Å². The molecule has 1 aromatic carbocycles. The number of rotatable bonds is 7. The fraction of sp³-hybridized carbons (Fsp3) is 0.130. The monoisotopic (exact) mass is 549 g/mol. The summed E-state index contributed by atoms with van der Waals surface area (Å²) in [6, 6.07) is 6.06. The van der Waals surface area contributed by atoms with Crippen LogP contribution in [0.3, 0.4) is 0 Å². The number of carbonyl (C=O) groups is 2. The zero-order chi connectivity index (χ0) is 25.1. The Morgan fingerprint density at radius 1 is 1.09 bits per heavy atom. The Morgan fingerprint density at radius 2 is 1.89 bits per heavy atom. The predicted octanol–water partition coefficient (Wildman–Crippen LogP) is 6.17. The number of thiophene rings is 1. The molecule has 0 radical (unpaired) electrons. The topological polar surface area (TPSA) is 98.1 Å². The molecule has 8 nitrogen and oxygen atoms in total. The molecular weight excluding hydrogens is 533 g/mol. The molecule has 35 heavy (non-hydrogen) atoms. The van der Waals surface area contributed by atoms with Crippen molar-refractivity contribution in [2.45, 2.75) is 13.5 Å². The maximum Gasteiger partial charge on any atom is 0.267 e. The molecule has 0 aliphatic rings. The van der Waals surface area contributed by atoms with E-state index in [1.165, 1.54) is 36.8 Å². The van der Waals surface area contributed by atoms with Gasteiger partial charge in [-0.15, -0.1) is 11.3 Å². The van der Waals surface area contributed by atoms with Crippen molar-refractivity contribution >= 4 is 69.5 Å². The third kappa shape index (κ3) is 5.59. The van der Waals surface area contributed by atoms with E-state index in [0.29, 0.717) is 21.5 Å². The summed E-state index contributed by atoms with van der Waals surface area (Å²) >= 11 is 19.8. The number of hydrogen-bond acceptors (Lipinski definition) is 6. The molecule has 0 saturated carbocycles. The average Bonchev–Trinajstić information content (AvgIpc) is 3.41. The molecule has 2 N–H and O–H groups in total. The minimum atomic E-state index is -0.551. The molecule has 4 aromatic rings. The summed E-state index contributed by atoms with van der Waals surface area (Å²) in [5.41, 5.74) is 1.97. The summed E-state index contributed by atoms with van der Waals surface area (Å²) in [7, 11) is 1.41. The minimum Gasteiger partial charge on any atom is -0.494 e. The Hall–Kier alpha value is -3.11. The Bertz CT molecular complexity index is 1400. The van der Waals surface area contributed by atoms with Crippen LogP contribution in [0.25, 0.3) is 0 Å². The lowest BCUT2D eigenvalue weighted by Crippen LogP contribution is -2.19. The van der Waals surface area contributed by atoms with Crippen molar-refractivity contribution in [3.8, 4) is 5.75 Å². The number of pyridine rings is 1. The van der Waals surface area contributed by atoms with Crippen LogP contribution in [0.4, 0.5) is 11.5 Å². The van der Waals surface area contributed by atoms with Crippen LogP contribution in [0, 0.1) is 6.92 Å². The second-order valence-corrected chi connectivity index (χ2v) is 9.50. The number of nitrogens with zero attached hydrogens (tertiary/aromatic N) is 3. The van der Waals surface area contributed by atoms with Gasteiger partial charge in [0.25, 0.3) is 11.8 Å². The number of nitrogens with one attached hydrogen (secondary N) is 2. The lowest BCUT2D eigenvalue weighted by Gasteiger charge is -2.15. The predicted molar refractivity (Wildman–Crippen MR) is 139 cm³/mol. The number of methoxy groups -OCH3 is 1. The van der Waals surface area contributed by atoms with Crippen molar-refractivity contribution in [3.05, 3.63) is 85.1 Å². The highest BCUT2D eigenvalue weighted by Crippen LogP contribution is 2.35. The molecule has 0 atom stereocenters. The molecule has 0 spiro atoms. The van der Waals surface area contributed by atoms with Crippen molar-refractivity contribution < 1.29 is 14.3 Å². The Labute approximate surface area is 219 Å². The zero-order valence-electron chi connectivity index (χ0n) is 18.4. The van der Waals surface area contributed by atoms with E-state index in [2.05, 4.69) is 20.6 Å². The smallest absolute Gasteiger partial charge is 0.267 e. The van der Waals surface area contributed by atoms with E-state index in [9.17, 15) is 9.59 Å². The fourth-order valence-corrected chi connectivity index (χ4v) is 4.79. The highest BCUT2D eigenvalue weighted by atomic mass is 35.5. The number of carbonyl (C=O) groups excluding carboxylic acids is 2. The van der Waals surface area contributed by atoms with Crippen molar-refractivity contribution in [1.82, 2.24) is 14.5 Å². The van der Waals surface area contributed by atoms with Gasteiger partial charge in [-0.3, -0.25) is 9.59 Å². The largest absolute Gasteiger partial charge is 0.494 e. The third-order valence-corrected chi connectivity index (χ3v) is 7.02. The Kier molecular flexibility index (Phi) is 7.61. The first-order valence-electron chi connectivity index (χ1n) is 10.1. The van der Waals surface area contributed by atoms with Gasteiger partial charge in [-0.25, -0.2) is 9.97 Å². The van der Waals surface area contributed by atoms with Gasteiger partial charge in [0.15, 0.2) is 0 Å². The fourth-order valence-electron chi connectivity index (χ4n) is 3.23. The molecule has 3 heterocycles. The molecule has 0 fully saturated rings. The van der Waals surface area contributed by atoms with Gasteiger partial charge >= 0.3 is 0 Å². The molecule has 0 aliphatic carbocycles. The molecular formula is C23H18Cl3N5O3S. The van der Waals surface area contributed by atoms with E-state index in [0.717, 1.165) is 11.3 Å². The van der Waals surface area contributed by atoms with Gasteiger partial charge in [-0.1, -0.05) is 34.8 Å². The van der Waals surface area contributed by atoms with Gasteiger partial charge < -0.3 is 19.9 Å². The van der Waals surface area contributed by atoms with Crippen LogP contribution in [-0.4, -0.2) is 33.5 Å². The maximum absolute atomic E-state index is 13.2. The summed E-state index contributed by atoms with van der Waals surface area (Å²) in [5.74, 6) is -0.560.